The van der Waals surface area contributed by atoms with E-state index in [1.807, 2.05) is 0 Å². The Morgan fingerprint density at radius 1 is 0.736 bits per heavy atom. The smallest absolute Gasteiger partial charge is 0.328 e. The van der Waals surface area contributed by atoms with Crippen molar-refractivity contribution < 1.29 is 50.2 Å². The van der Waals surface area contributed by atoms with Crippen LogP contribution in [0.1, 0.15) is 14.5 Å². The number of halogens is 2. The lowest BCUT2D eigenvalue weighted by molar-refractivity contribution is -0.134. The van der Waals surface area contributed by atoms with E-state index in [0.29, 0.717) is 30.5 Å². The molecule has 20 heteroatoms. The maximum Gasteiger partial charge on any atom is 0.328 e. The summed E-state index contributed by atoms with van der Waals surface area (Å²) < 4.78 is 81.1. The van der Waals surface area contributed by atoms with Gasteiger partial charge in [0.05, 0.1) is 4.88 Å². The summed E-state index contributed by atoms with van der Waals surface area (Å²) in [5, 5.41) is 18.6. The molecule has 0 atom stereocenters. The molecule has 6 rings (SSSR count). The highest BCUT2D eigenvalue weighted by Gasteiger charge is 2.27. The van der Waals surface area contributed by atoms with Crippen LogP contribution in [0.15, 0.2) is 118 Å². The first-order valence-electron chi connectivity index (χ1n) is 14.7. The molecule has 6 aromatic heterocycles. The number of nitrogens with one attached hydrogen (secondary N) is 1. The van der Waals surface area contributed by atoms with E-state index >= 15 is 0 Å². The minimum atomic E-state index is -3.90. The predicted octanol–water partition coefficient (Wildman–Crippen LogP) is 5.22. The van der Waals surface area contributed by atoms with Gasteiger partial charge in [-0.2, -0.15) is 25.6 Å². The Kier molecular flexibility index (Phi) is 13.4. The van der Waals surface area contributed by atoms with Crippen molar-refractivity contribution >= 4 is 60.9 Å². The fourth-order valence-electron chi connectivity index (χ4n) is 4.36. The third-order valence-electron chi connectivity index (χ3n) is 6.58. The molecule has 0 saturated heterocycles. The number of carbonyl (C=O) groups is 3. The molecule has 0 aliphatic rings. The third kappa shape index (κ3) is 9.81. The van der Waals surface area contributed by atoms with E-state index in [1.165, 1.54) is 61.4 Å². The second-order valence-electron chi connectivity index (χ2n) is 10.1. The van der Waals surface area contributed by atoms with Crippen LogP contribution in [-0.2, 0) is 36.2 Å². The van der Waals surface area contributed by atoms with E-state index in [1.54, 1.807) is 43.4 Å². The largest absolute Gasteiger partial charge is 0.478 e. The zero-order valence-electron chi connectivity index (χ0n) is 27.1. The molecule has 14 nitrogen and oxygen atoms in total. The average Bonchev–Trinajstić information content (AvgIpc) is 3.96. The molecule has 0 aromatic carbocycles. The number of nitrogens with zero attached hydrogens (tertiary/aromatic N) is 4. The van der Waals surface area contributed by atoms with Crippen molar-refractivity contribution in [3.05, 3.63) is 132 Å². The summed E-state index contributed by atoms with van der Waals surface area (Å²) in [5.74, 6) is -3.99. The van der Waals surface area contributed by atoms with Gasteiger partial charge in [-0.05, 0) is 67.7 Å². The van der Waals surface area contributed by atoms with Gasteiger partial charge in [-0.1, -0.05) is 0 Å². The summed E-state index contributed by atoms with van der Waals surface area (Å²) in [6, 6.07) is 15.5. The van der Waals surface area contributed by atoms with Crippen molar-refractivity contribution in [3.63, 3.8) is 0 Å². The molecular formula is C33H27F2N5O9S4. The zero-order valence-corrected chi connectivity index (χ0v) is 30.4. The predicted molar refractivity (Wildman–Crippen MR) is 192 cm³/mol. The summed E-state index contributed by atoms with van der Waals surface area (Å²) in [6.07, 6.45) is 9.91. The Bertz CT molecular complexity index is 2440. The quantitative estimate of drug-likeness (QED) is 0.0876. The van der Waals surface area contributed by atoms with Gasteiger partial charge in [0.15, 0.2) is 6.29 Å². The van der Waals surface area contributed by atoms with E-state index in [4.69, 9.17) is 10.2 Å². The van der Waals surface area contributed by atoms with Crippen LogP contribution >= 0.6 is 22.7 Å². The number of hydrogen-bond donors (Lipinski definition) is 3. The van der Waals surface area contributed by atoms with Crippen molar-refractivity contribution in [3.8, 4) is 22.3 Å². The van der Waals surface area contributed by atoms with E-state index < -0.39 is 43.9 Å². The maximum absolute atomic E-state index is 14.1. The number of aliphatic carboxylic acids is 2. The normalized spacial score (nSPS) is 11.3. The summed E-state index contributed by atoms with van der Waals surface area (Å²) in [6.45, 7) is 0.501. The van der Waals surface area contributed by atoms with Crippen molar-refractivity contribution in [2.45, 2.75) is 15.0 Å². The molecule has 0 amide bonds. The van der Waals surface area contributed by atoms with Gasteiger partial charge in [-0.25, -0.2) is 27.5 Å². The maximum atomic E-state index is 14.1. The number of carbonyl (C=O) groups excluding carboxylic acids is 1. The Labute approximate surface area is 309 Å². The van der Waals surface area contributed by atoms with Gasteiger partial charge < -0.3 is 15.5 Å². The minimum absolute atomic E-state index is 0.0394. The van der Waals surface area contributed by atoms with Gasteiger partial charge in [0, 0.05) is 83.0 Å². The molecule has 0 aliphatic heterocycles. The second kappa shape index (κ2) is 17.7. The summed E-state index contributed by atoms with van der Waals surface area (Å²) in [4.78, 5) is 38.3. The number of thiophene rings is 2. The zero-order chi connectivity index (χ0) is 38.8. The minimum Gasteiger partial charge on any atom is -0.478 e. The van der Waals surface area contributed by atoms with Crippen LogP contribution in [0.2, 0.25) is 0 Å². The number of aldehydes is 1. The monoisotopic (exact) mass is 803 g/mol. The van der Waals surface area contributed by atoms with Crippen LogP contribution in [0.25, 0.3) is 22.3 Å². The van der Waals surface area contributed by atoms with Crippen LogP contribution in [-0.4, -0.2) is 70.2 Å². The molecule has 0 spiro atoms. The van der Waals surface area contributed by atoms with Gasteiger partial charge in [0.2, 0.25) is 11.9 Å². The first-order chi connectivity index (χ1) is 25.2. The number of hydrogen-bond acceptors (Lipinski definition) is 12. The van der Waals surface area contributed by atoms with Gasteiger partial charge in [-0.15, -0.1) is 22.7 Å². The summed E-state index contributed by atoms with van der Waals surface area (Å²) in [7, 11) is -5.91. The Balaban J connectivity index is 0.000000197. The molecular weight excluding hydrogens is 777 g/mol. The van der Waals surface area contributed by atoms with E-state index in [2.05, 4.69) is 15.3 Å². The molecule has 0 unspecified atom stereocenters. The van der Waals surface area contributed by atoms with Crippen LogP contribution < -0.4 is 5.32 Å². The summed E-state index contributed by atoms with van der Waals surface area (Å²) in [5.41, 5.74) is 0.681. The molecule has 0 saturated carbocycles. The number of carboxylic acids is 2. The molecule has 6 aromatic rings. The molecule has 0 radical (unpaired) electrons. The van der Waals surface area contributed by atoms with Crippen molar-refractivity contribution in [1.29, 1.82) is 0 Å². The number of pyridine rings is 2. The highest BCUT2D eigenvalue weighted by atomic mass is 32.3. The first kappa shape index (κ1) is 40.1. The third-order valence-corrected chi connectivity index (χ3v) is 13.1. The lowest BCUT2D eigenvalue weighted by Crippen LogP contribution is -2.10. The Morgan fingerprint density at radius 2 is 1.17 bits per heavy atom. The van der Waals surface area contributed by atoms with E-state index in [9.17, 15) is 40.0 Å². The van der Waals surface area contributed by atoms with Crippen LogP contribution in [0.4, 0.5) is 8.78 Å². The Morgan fingerprint density at radius 3 is 1.57 bits per heavy atom. The van der Waals surface area contributed by atoms with Crippen molar-refractivity contribution in [1.82, 2.24) is 23.2 Å². The van der Waals surface area contributed by atoms with Crippen molar-refractivity contribution in [2.75, 3.05) is 7.05 Å². The topological polar surface area (TPSA) is 208 Å². The number of aromatic nitrogens is 4. The molecule has 0 fully saturated rings. The van der Waals surface area contributed by atoms with Gasteiger partial charge >= 0.3 is 11.9 Å². The van der Waals surface area contributed by atoms with Gasteiger partial charge in [-0.3, -0.25) is 4.79 Å². The fourth-order valence-corrected chi connectivity index (χ4v) is 10.2. The van der Waals surface area contributed by atoms with E-state index in [0.717, 1.165) is 35.5 Å². The summed E-state index contributed by atoms with van der Waals surface area (Å²) >= 11 is 1.92. The molecule has 3 N–H and O–H groups in total. The fraction of sp³-hybridized carbons (Fsp3) is 0.0606. The van der Waals surface area contributed by atoms with Crippen LogP contribution in [0.3, 0.4) is 0 Å². The van der Waals surface area contributed by atoms with Gasteiger partial charge in [0.25, 0.3) is 20.0 Å². The van der Waals surface area contributed by atoms with E-state index in [-0.39, 0.29) is 30.0 Å². The first-order valence-corrected chi connectivity index (χ1v) is 19.2. The molecule has 53 heavy (non-hydrogen) atoms. The van der Waals surface area contributed by atoms with Crippen molar-refractivity contribution in [2.24, 2.45) is 0 Å². The molecule has 6 heterocycles. The molecule has 0 aliphatic carbocycles. The van der Waals surface area contributed by atoms with Crippen LogP contribution in [0.5, 0.6) is 0 Å². The number of rotatable bonds is 11. The van der Waals surface area contributed by atoms with Gasteiger partial charge in [0.1, 0.15) is 8.42 Å². The second-order valence-corrected chi connectivity index (χ2v) is 16.4. The van der Waals surface area contributed by atoms with Crippen LogP contribution in [0, 0.1) is 11.9 Å². The Hall–Kier alpha value is -5.67. The highest BCUT2D eigenvalue weighted by Crippen LogP contribution is 2.38. The number of carboxylic acid groups (broad SMARTS) is 2. The lowest BCUT2D eigenvalue weighted by atomic mass is 10.1. The lowest BCUT2D eigenvalue weighted by Gasteiger charge is -2.07. The molecule has 276 valence electrons. The standard InChI is InChI=1S/C15H14FN3O2S2.C14H9FN2O3S2.C4H4O4/c1-17-10-11-9-13(12-5-4-6-18-14(12)16)15(22-11)23(20,21)19-7-2-3-8-19;15-13-11(4-3-5-16-13)12-8-10(9-18)21-14(12)22(19,20)17-6-1-2-7-17;5-3(6)1-2-4(7)8/h2-9,17H,10H2,1H3;1-9H;1-2H,(H,5,6)(H,7,8)/b;;2-1+. The SMILES string of the molecule is CNCc1cc(-c2cccnc2F)c(S(=O)(=O)n2cccc2)s1.O=C(O)/C=C/C(=O)O.O=Cc1cc(-c2cccnc2F)c(S(=O)(=O)n2cccc2)s1. The average molecular weight is 804 g/mol. The highest BCUT2D eigenvalue weighted by molar-refractivity contribution is 7.92. The molecule has 0 bridgehead atoms.